The number of amides is 1. The number of nitrogens with one attached hydrogen (secondary N) is 2. The van der Waals surface area contributed by atoms with Crippen molar-refractivity contribution < 1.29 is 14.3 Å². The Bertz CT molecular complexity index is 796. The number of benzene rings is 1. The van der Waals surface area contributed by atoms with Crippen LogP contribution in [0.25, 0.3) is 0 Å². The average Bonchev–Trinajstić information content (AvgIpc) is 2.81. The van der Waals surface area contributed by atoms with Crippen LogP contribution in [0.2, 0.25) is 5.02 Å². The highest BCUT2D eigenvalue weighted by Gasteiger charge is 2.18. The van der Waals surface area contributed by atoms with Gasteiger partial charge in [0.1, 0.15) is 0 Å². The van der Waals surface area contributed by atoms with Crippen LogP contribution in [0.1, 0.15) is 44.6 Å². The van der Waals surface area contributed by atoms with E-state index in [1.54, 1.807) is 45.0 Å². The molecule has 7 heteroatoms. The molecule has 2 N–H and O–H groups in total. The summed E-state index contributed by atoms with van der Waals surface area (Å²) in [5.41, 5.74) is 5.34. The number of aromatic nitrogens is 1. The van der Waals surface area contributed by atoms with E-state index in [-0.39, 0.29) is 11.9 Å². The van der Waals surface area contributed by atoms with Crippen molar-refractivity contribution in [2.24, 2.45) is 5.10 Å². The first-order valence-electron chi connectivity index (χ1n) is 7.39. The molecule has 2 aromatic rings. The van der Waals surface area contributed by atoms with Gasteiger partial charge in [0.25, 0.3) is 5.91 Å². The maximum absolute atomic E-state index is 12.0. The van der Waals surface area contributed by atoms with Crippen molar-refractivity contribution in [3.05, 3.63) is 57.4 Å². The number of rotatable bonds is 5. The lowest BCUT2D eigenvalue weighted by Gasteiger charge is -2.02. The maximum Gasteiger partial charge on any atom is 0.340 e. The van der Waals surface area contributed by atoms with Crippen LogP contribution in [0.5, 0.6) is 0 Å². The van der Waals surface area contributed by atoms with Gasteiger partial charge >= 0.3 is 5.97 Å². The summed E-state index contributed by atoms with van der Waals surface area (Å²) in [7, 11) is 0. The molecule has 0 aliphatic carbocycles. The Morgan fingerprint density at radius 3 is 2.79 bits per heavy atom. The molecule has 0 radical (unpaired) electrons. The summed E-state index contributed by atoms with van der Waals surface area (Å²) in [6.45, 7) is 5.63. The molecule has 1 aromatic carbocycles. The molecular weight excluding hydrogens is 330 g/mol. The zero-order chi connectivity index (χ0) is 17.7. The summed E-state index contributed by atoms with van der Waals surface area (Å²) in [5, 5.41) is 4.39. The highest BCUT2D eigenvalue weighted by atomic mass is 35.5. The smallest absolute Gasteiger partial charge is 0.340 e. The number of hydrogen-bond acceptors (Lipinski definition) is 4. The van der Waals surface area contributed by atoms with Crippen molar-refractivity contribution >= 4 is 29.7 Å². The van der Waals surface area contributed by atoms with E-state index in [0.29, 0.717) is 39.7 Å². The van der Waals surface area contributed by atoms with Gasteiger partial charge in [-0.25, -0.2) is 10.2 Å². The second-order valence-electron chi connectivity index (χ2n) is 5.09. The fourth-order valence-electron chi connectivity index (χ4n) is 2.26. The number of aromatic amines is 1. The molecule has 2 rings (SSSR count). The SMILES string of the molecule is CCOC(=O)c1c(C)[nH]c(/C=N/NC(=O)c2cccc(Cl)c2)c1C. The molecule has 0 saturated heterocycles. The number of ether oxygens (including phenoxy) is 1. The first-order valence-corrected chi connectivity index (χ1v) is 7.77. The Morgan fingerprint density at radius 1 is 1.38 bits per heavy atom. The minimum absolute atomic E-state index is 0.308. The number of hydrogen-bond donors (Lipinski definition) is 2. The van der Waals surface area contributed by atoms with E-state index in [2.05, 4.69) is 15.5 Å². The Labute approximate surface area is 144 Å². The van der Waals surface area contributed by atoms with Gasteiger partial charge in [-0.05, 0) is 44.5 Å². The van der Waals surface area contributed by atoms with Gasteiger partial charge in [-0.3, -0.25) is 4.79 Å². The lowest BCUT2D eigenvalue weighted by molar-refractivity contribution is 0.0525. The number of esters is 1. The predicted molar refractivity (Wildman–Crippen MR) is 92.7 cm³/mol. The summed E-state index contributed by atoms with van der Waals surface area (Å²) >= 11 is 5.85. The van der Waals surface area contributed by atoms with E-state index in [1.807, 2.05) is 0 Å². The molecule has 1 aromatic heterocycles. The fourth-order valence-corrected chi connectivity index (χ4v) is 2.45. The van der Waals surface area contributed by atoms with E-state index in [4.69, 9.17) is 16.3 Å². The molecule has 0 fully saturated rings. The Morgan fingerprint density at radius 2 is 2.12 bits per heavy atom. The molecule has 0 atom stereocenters. The molecular formula is C17H18ClN3O3. The van der Waals surface area contributed by atoms with Crippen molar-refractivity contribution in [2.75, 3.05) is 6.61 Å². The third kappa shape index (κ3) is 4.02. The lowest BCUT2D eigenvalue weighted by atomic mass is 10.1. The first kappa shape index (κ1) is 17.7. The van der Waals surface area contributed by atoms with Gasteiger partial charge in [0.05, 0.1) is 24.1 Å². The number of hydrazone groups is 1. The van der Waals surface area contributed by atoms with E-state index >= 15 is 0 Å². The summed E-state index contributed by atoms with van der Waals surface area (Å²) < 4.78 is 5.03. The zero-order valence-electron chi connectivity index (χ0n) is 13.6. The highest BCUT2D eigenvalue weighted by Crippen LogP contribution is 2.17. The Kier molecular flexibility index (Phi) is 5.76. The summed E-state index contributed by atoms with van der Waals surface area (Å²) in [6, 6.07) is 6.56. The van der Waals surface area contributed by atoms with Gasteiger partial charge in [-0.15, -0.1) is 0 Å². The third-order valence-corrected chi connectivity index (χ3v) is 3.64. The lowest BCUT2D eigenvalue weighted by Crippen LogP contribution is -2.17. The number of nitrogens with zero attached hydrogens (tertiary/aromatic N) is 1. The maximum atomic E-state index is 12.0. The molecule has 1 heterocycles. The largest absolute Gasteiger partial charge is 0.462 e. The molecule has 0 saturated carbocycles. The van der Waals surface area contributed by atoms with E-state index in [0.717, 1.165) is 0 Å². The van der Waals surface area contributed by atoms with E-state index in [9.17, 15) is 9.59 Å². The number of aryl methyl sites for hydroxylation is 1. The summed E-state index contributed by atoms with van der Waals surface area (Å²) in [5.74, 6) is -0.758. The van der Waals surface area contributed by atoms with Gasteiger partial charge in [0.15, 0.2) is 0 Å². The predicted octanol–water partition coefficient (Wildman–Crippen LogP) is 3.23. The summed E-state index contributed by atoms with van der Waals surface area (Å²) in [4.78, 5) is 27.0. The number of carbonyl (C=O) groups is 2. The third-order valence-electron chi connectivity index (χ3n) is 3.40. The van der Waals surface area contributed by atoms with Gasteiger partial charge in [0.2, 0.25) is 0 Å². The zero-order valence-corrected chi connectivity index (χ0v) is 14.4. The number of halogens is 1. The average molecular weight is 348 g/mol. The van der Waals surface area contributed by atoms with Crippen LogP contribution in [0.15, 0.2) is 29.4 Å². The molecule has 126 valence electrons. The monoisotopic (exact) mass is 347 g/mol. The molecule has 0 bridgehead atoms. The number of carbonyl (C=O) groups excluding carboxylic acids is 2. The molecule has 0 aliphatic rings. The van der Waals surface area contributed by atoms with Crippen LogP contribution >= 0.6 is 11.6 Å². The van der Waals surface area contributed by atoms with Crippen molar-refractivity contribution in [3.8, 4) is 0 Å². The highest BCUT2D eigenvalue weighted by molar-refractivity contribution is 6.30. The molecule has 24 heavy (non-hydrogen) atoms. The van der Waals surface area contributed by atoms with Crippen molar-refractivity contribution in [1.29, 1.82) is 0 Å². The van der Waals surface area contributed by atoms with Crippen LogP contribution in [-0.2, 0) is 4.74 Å². The van der Waals surface area contributed by atoms with Crippen molar-refractivity contribution in [1.82, 2.24) is 10.4 Å². The minimum atomic E-state index is -0.383. The van der Waals surface area contributed by atoms with E-state index in [1.165, 1.54) is 6.21 Å². The van der Waals surface area contributed by atoms with Crippen LogP contribution in [0, 0.1) is 13.8 Å². The molecule has 6 nitrogen and oxygen atoms in total. The molecule has 0 spiro atoms. The molecule has 0 aliphatic heterocycles. The standard InChI is InChI=1S/C17H18ClN3O3/c1-4-24-17(23)15-10(2)14(20-11(15)3)9-19-21-16(22)12-6-5-7-13(18)8-12/h5-9,20H,4H2,1-3H3,(H,21,22)/b19-9+. The van der Waals surface area contributed by atoms with Gasteiger partial charge in [-0.1, -0.05) is 17.7 Å². The Hall–Kier alpha value is -2.60. The number of H-pyrrole nitrogens is 1. The van der Waals surface area contributed by atoms with Crippen LogP contribution in [0.3, 0.4) is 0 Å². The second-order valence-corrected chi connectivity index (χ2v) is 5.53. The van der Waals surface area contributed by atoms with Gasteiger partial charge < -0.3 is 9.72 Å². The fraction of sp³-hybridized carbons (Fsp3) is 0.235. The topological polar surface area (TPSA) is 83.6 Å². The van der Waals surface area contributed by atoms with E-state index < -0.39 is 0 Å². The van der Waals surface area contributed by atoms with Crippen molar-refractivity contribution in [3.63, 3.8) is 0 Å². The molecule has 1 amide bonds. The normalized spacial score (nSPS) is 10.8. The second kappa shape index (κ2) is 7.79. The van der Waals surface area contributed by atoms with Crippen molar-refractivity contribution in [2.45, 2.75) is 20.8 Å². The Balaban J connectivity index is 2.11. The quantitative estimate of drug-likeness (QED) is 0.495. The van der Waals surface area contributed by atoms with Gasteiger partial charge in [-0.2, -0.15) is 5.10 Å². The first-order chi connectivity index (χ1) is 11.4. The minimum Gasteiger partial charge on any atom is -0.462 e. The molecule has 0 unspecified atom stereocenters. The van der Waals surface area contributed by atoms with Crippen LogP contribution in [0.4, 0.5) is 0 Å². The van der Waals surface area contributed by atoms with Crippen LogP contribution in [-0.4, -0.2) is 29.7 Å². The van der Waals surface area contributed by atoms with Gasteiger partial charge in [0, 0.05) is 16.3 Å². The van der Waals surface area contributed by atoms with Crippen LogP contribution < -0.4 is 5.43 Å². The summed E-state index contributed by atoms with van der Waals surface area (Å²) in [6.07, 6.45) is 1.45.